The highest BCUT2D eigenvalue weighted by atomic mass is 32.2. The largest absolute Gasteiger partial charge is 0.497 e. The van der Waals surface area contributed by atoms with E-state index in [1.807, 2.05) is 36.4 Å². The number of carbonyl (C=O) groups is 2. The van der Waals surface area contributed by atoms with Gasteiger partial charge in [0.25, 0.3) is 0 Å². The number of ether oxygens (including phenoxy) is 1. The minimum atomic E-state index is -0.264. The molecule has 0 radical (unpaired) electrons. The fourth-order valence-corrected chi connectivity index (χ4v) is 4.44. The predicted molar refractivity (Wildman–Crippen MR) is 112 cm³/mol. The fraction of sp³-hybridized carbons (Fsp3) is 0.182. The predicted octanol–water partition coefficient (Wildman–Crippen LogP) is 4.50. The third-order valence-corrected chi connectivity index (χ3v) is 5.91. The van der Waals surface area contributed by atoms with E-state index >= 15 is 0 Å². The molecule has 6 nitrogen and oxygen atoms in total. The molecule has 7 heteroatoms. The Kier molecular flexibility index (Phi) is 5.57. The molecule has 0 fully saturated rings. The van der Waals surface area contributed by atoms with Crippen LogP contribution >= 0.6 is 11.8 Å². The van der Waals surface area contributed by atoms with Crippen molar-refractivity contribution in [2.45, 2.75) is 16.6 Å². The Balaban J connectivity index is 1.54. The molecule has 4 rings (SSSR count). The van der Waals surface area contributed by atoms with Crippen LogP contribution in [-0.4, -0.2) is 25.5 Å². The maximum Gasteiger partial charge on any atom is 0.244 e. The van der Waals surface area contributed by atoms with Gasteiger partial charge >= 0.3 is 0 Å². The van der Waals surface area contributed by atoms with Crippen LogP contribution in [0, 0.1) is 0 Å². The molecule has 0 saturated heterocycles. The fourth-order valence-electron chi connectivity index (χ4n) is 3.20. The van der Waals surface area contributed by atoms with E-state index in [1.165, 1.54) is 0 Å². The number of methoxy groups -OCH3 is 1. The number of hydrogen-bond donors (Lipinski definition) is 1. The number of furan rings is 1. The maximum absolute atomic E-state index is 13.0. The first kappa shape index (κ1) is 19.1. The lowest BCUT2D eigenvalue weighted by molar-refractivity contribution is -0.121. The molecule has 1 atom stereocenters. The molecule has 1 N–H and O–H groups in total. The highest BCUT2D eigenvalue weighted by Crippen LogP contribution is 2.45. The Labute approximate surface area is 172 Å². The summed E-state index contributed by atoms with van der Waals surface area (Å²) < 4.78 is 10.7. The van der Waals surface area contributed by atoms with Crippen LogP contribution in [0.4, 0.5) is 11.4 Å². The van der Waals surface area contributed by atoms with Crippen molar-refractivity contribution in [1.29, 1.82) is 0 Å². The molecule has 1 aliphatic rings. The summed E-state index contributed by atoms with van der Waals surface area (Å²) in [5.41, 5.74) is 1.38. The lowest BCUT2D eigenvalue weighted by Gasteiger charge is -2.22. The van der Waals surface area contributed by atoms with Gasteiger partial charge in [0.2, 0.25) is 11.8 Å². The Bertz CT molecular complexity index is 1000. The van der Waals surface area contributed by atoms with Gasteiger partial charge < -0.3 is 19.4 Å². The van der Waals surface area contributed by atoms with E-state index in [1.54, 1.807) is 54.3 Å². The standard InChI is InChI=1S/C22H20N2O4S/c1-27-16-10-8-15(9-11-16)23-21(25)14-24-17-5-2-3-7-19(17)29-20(13-22(24)26)18-6-4-12-28-18/h2-12,20H,13-14H2,1H3,(H,23,25)/t20-/m0/s1. The monoisotopic (exact) mass is 408 g/mol. The number of hydrogen-bond acceptors (Lipinski definition) is 5. The van der Waals surface area contributed by atoms with Gasteiger partial charge in [-0.15, -0.1) is 11.8 Å². The molecular weight excluding hydrogens is 388 g/mol. The van der Waals surface area contributed by atoms with Crippen molar-refractivity contribution in [2.24, 2.45) is 0 Å². The lowest BCUT2D eigenvalue weighted by atomic mass is 10.2. The zero-order valence-corrected chi connectivity index (χ0v) is 16.6. The second-order valence-electron chi connectivity index (χ2n) is 6.55. The number of thioether (sulfide) groups is 1. The smallest absolute Gasteiger partial charge is 0.244 e. The summed E-state index contributed by atoms with van der Waals surface area (Å²) in [5, 5.41) is 2.71. The minimum absolute atomic E-state index is 0.0622. The summed E-state index contributed by atoms with van der Waals surface area (Å²) in [6, 6.07) is 18.4. The average molecular weight is 408 g/mol. The van der Waals surface area contributed by atoms with E-state index in [-0.39, 0.29) is 30.0 Å². The van der Waals surface area contributed by atoms with Gasteiger partial charge in [0.15, 0.2) is 0 Å². The van der Waals surface area contributed by atoms with Crippen molar-refractivity contribution in [2.75, 3.05) is 23.9 Å². The summed E-state index contributed by atoms with van der Waals surface area (Å²) in [6.45, 7) is -0.0622. The number of carbonyl (C=O) groups excluding carboxylic acids is 2. The van der Waals surface area contributed by atoms with Crippen LogP contribution in [0.2, 0.25) is 0 Å². The number of amides is 2. The molecule has 0 spiro atoms. The SMILES string of the molecule is COc1ccc(NC(=O)CN2C(=O)C[C@@H](c3ccco3)Sc3ccccc32)cc1. The molecule has 3 aromatic rings. The Hall–Kier alpha value is -3.19. The van der Waals surface area contributed by atoms with Crippen LogP contribution in [0.15, 0.2) is 76.2 Å². The van der Waals surface area contributed by atoms with Crippen LogP contribution in [-0.2, 0) is 9.59 Å². The molecular formula is C22H20N2O4S. The summed E-state index contributed by atoms with van der Waals surface area (Å²) in [7, 11) is 1.59. The normalized spacial score (nSPS) is 16.1. The lowest BCUT2D eigenvalue weighted by Crippen LogP contribution is -2.38. The first-order chi connectivity index (χ1) is 14.1. The number of nitrogens with zero attached hydrogens (tertiary/aromatic N) is 1. The third kappa shape index (κ3) is 4.30. The van der Waals surface area contributed by atoms with Crippen LogP contribution in [0.3, 0.4) is 0 Å². The molecule has 0 aliphatic carbocycles. The number of fused-ring (bicyclic) bond motifs is 1. The molecule has 1 aromatic heterocycles. The Morgan fingerprint density at radius 3 is 2.69 bits per heavy atom. The summed E-state index contributed by atoms with van der Waals surface area (Å²) in [4.78, 5) is 28.2. The highest BCUT2D eigenvalue weighted by Gasteiger charge is 2.31. The first-order valence-electron chi connectivity index (χ1n) is 9.17. The molecule has 2 amide bonds. The minimum Gasteiger partial charge on any atom is -0.497 e. The van der Waals surface area contributed by atoms with Crippen LogP contribution in [0.5, 0.6) is 5.75 Å². The van der Waals surface area contributed by atoms with Crippen molar-refractivity contribution >= 4 is 35.0 Å². The van der Waals surface area contributed by atoms with Gasteiger partial charge in [0, 0.05) is 17.0 Å². The van der Waals surface area contributed by atoms with Gasteiger partial charge in [-0.05, 0) is 48.5 Å². The van der Waals surface area contributed by atoms with E-state index in [9.17, 15) is 9.59 Å². The van der Waals surface area contributed by atoms with Crippen molar-refractivity contribution in [3.05, 3.63) is 72.7 Å². The molecule has 2 aromatic carbocycles. The van der Waals surface area contributed by atoms with Crippen LogP contribution in [0.1, 0.15) is 17.4 Å². The molecule has 29 heavy (non-hydrogen) atoms. The maximum atomic E-state index is 13.0. The van der Waals surface area contributed by atoms with E-state index in [4.69, 9.17) is 9.15 Å². The second kappa shape index (κ2) is 8.45. The van der Waals surface area contributed by atoms with E-state index in [0.717, 1.165) is 16.3 Å². The molecule has 0 unspecified atom stereocenters. The van der Waals surface area contributed by atoms with Crippen molar-refractivity contribution in [3.8, 4) is 5.75 Å². The molecule has 0 saturated carbocycles. The molecule has 0 bridgehead atoms. The van der Waals surface area contributed by atoms with Gasteiger partial charge in [-0.1, -0.05) is 12.1 Å². The quantitative estimate of drug-likeness (QED) is 0.673. The van der Waals surface area contributed by atoms with E-state index in [0.29, 0.717) is 11.4 Å². The number of anilines is 2. The third-order valence-electron chi connectivity index (χ3n) is 4.62. The Morgan fingerprint density at radius 2 is 1.97 bits per heavy atom. The number of benzene rings is 2. The van der Waals surface area contributed by atoms with Gasteiger partial charge in [0.05, 0.1) is 24.3 Å². The molecule has 1 aliphatic heterocycles. The summed E-state index contributed by atoms with van der Waals surface area (Å²) in [5.74, 6) is 1.08. The highest BCUT2D eigenvalue weighted by molar-refractivity contribution is 7.99. The van der Waals surface area contributed by atoms with Gasteiger partial charge in [-0.3, -0.25) is 9.59 Å². The Morgan fingerprint density at radius 1 is 1.17 bits per heavy atom. The second-order valence-corrected chi connectivity index (χ2v) is 7.79. The molecule has 2 heterocycles. The topological polar surface area (TPSA) is 71.8 Å². The van der Waals surface area contributed by atoms with Gasteiger partial charge in [-0.25, -0.2) is 0 Å². The number of nitrogens with one attached hydrogen (secondary N) is 1. The first-order valence-corrected chi connectivity index (χ1v) is 10.1. The zero-order valence-electron chi connectivity index (χ0n) is 15.8. The van der Waals surface area contributed by atoms with Crippen LogP contribution < -0.4 is 15.0 Å². The number of rotatable bonds is 5. The van der Waals surface area contributed by atoms with Crippen LogP contribution in [0.25, 0.3) is 0 Å². The van der Waals surface area contributed by atoms with E-state index < -0.39 is 0 Å². The van der Waals surface area contributed by atoms with Crippen molar-refractivity contribution < 1.29 is 18.7 Å². The number of para-hydroxylation sites is 1. The summed E-state index contributed by atoms with van der Waals surface area (Å²) in [6.07, 6.45) is 1.86. The van der Waals surface area contributed by atoms with Gasteiger partial charge in [0.1, 0.15) is 18.1 Å². The average Bonchev–Trinajstić information content (AvgIpc) is 3.23. The van der Waals surface area contributed by atoms with E-state index in [2.05, 4.69) is 5.32 Å². The van der Waals surface area contributed by atoms with Crippen molar-refractivity contribution in [3.63, 3.8) is 0 Å². The van der Waals surface area contributed by atoms with Gasteiger partial charge in [-0.2, -0.15) is 0 Å². The zero-order chi connectivity index (χ0) is 20.2. The molecule has 148 valence electrons. The van der Waals surface area contributed by atoms with Crippen molar-refractivity contribution in [1.82, 2.24) is 0 Å². The summed E-state index contributed by atoms with van der Waals surface area (Å²) >= 11 is 1.58.